The first-order valence-corrected chi connectivity index (χ1v) is 9.65. The van der Waals surface area contributed by atoms with Crippen LogP contribution in [-0.2, 0) is 9.59 Å². The minimum absolute atomic E-state index is 0.0566. The number of carbonyl (C=O) groups excluding carboxylic acids is 3. The highest BCUT2D eigenvalue weighted by Gasteiger charge is 2.22. The Balaban J connectivity index is 1.63. The Hall–Kier alpha value is -3.35. The lowest BCUT2D eigenvalue weighted by atomic mass is 10.1. The zero-order valence-corrected chi connectivity index (χ0v) is 16.7. The number of carbonyl (C=O) groups is 3. The molecule has 3 rings (SSSR count). The molecule has 1 fully saturated rings. The van der Waals surface area contributed by atoms with Crippen LogP contribution in [0.25, 0.3) is 0 Å². The van der Waals surface area contributed by atoms with Crippen LogP contribution in [0.1, 0.15) is 30.1 Å². The number of methoxy groups -OCH3 is 1. The summed E-state index contributed by atoms with van der Waals surface area (Å²) in [6.45, 7) is 2.88. The predicted octanol–water partition coefficient (Wildman–Crippen LogP) is 2.92. The third-order valence-corrected chi connectivity index (χ3v) is 4.86. The molecule has 7 nitrogen and oxygen atoms in total. The lowest BCUT2D eigenvalue weighted by molar-refractivity contribution is -0.117. The molecular formula is C22H25N3O4. The van der Waals surface area contributed by atoms with Gasteiger partial charge in [-0.15, -0.1) is 0 Å². The molecule has 0 bridgehead atoms. The van der Waals surface area contributed by atoms with E-state index in [1.807, 2.05) is 6.92 Å². The molecule has 0 saturated carbocycles. The van der Waals surface area contributed by atoms with Gasteiger partial charge >= 0.3 is 0 Å². The molecule has 1 heterocycles. The van der Waals surface area contributed by atoms with Crippen molar-refractivity contribution in [1.82, 2.24) is 4.90 Å². The van der Waals surface area contributed by atoms with Gasteiger partial charge in [-0.25, -0.2) is 0 Å². The van der Waals surface area contributed by atoms with Crippen molar-refractivity contribution in [1.29, 1.82) is 0 Å². The summed E-state index contributed by atoms with van der Waals surface area (Å²) >= 11 is 0. The Bertz CT molecular complexity index is 895. The van der Waals surface area contributed by atoms with Crippen molar-refractivity contribution in [3.63, 3.8) is 0 Å². The quantitative estimate of drug-likeness (QED) is 0.782. The molecule has 0 atom stereocenters. The topological polar surface area (TPSA) is 79.0 Å². The first-order valence-electron chi connectivity index (χ1n) is 9.65. The van der Waals surface area contributed by atoms with Gasteiger partial charge in [0, 0.05) is 42.5 Å². The molecule has 152 valence electrons. The Morgan fingerprint density at radius 2 is 1.93 bits per heavy atom. The van der Waals surface area contributed by atoms with Crippen LogP contribution in [-0.4, -0.2) is 49.4 Å². The maximum absolute atomic E-state index is 12.8. The molecule has 0 aromatic heterocycles. The van der Waals surface area contributed by atoms with Gasteiger partial charge in [-0.3, -0.25) is 14.4 Å². The van der Waals surface area contributed by atoms with E-state index in [2.05, 4.69) is 5.32 Å². The van der Waals surface area contributed by atoms with Gasteiger partial charge in [0.1, 0.15) is 12.3 Å². The van der Waals surface area contributed by atoms with Crippen molar-refractivity contribution >= 4 is 29.1 Å². The third kappa shape index (κ3) is 4.93. The van der Waals surface area contributed by atoms with Crippen molar-refractivity contribution in [3.05, 3.63) is 54.1 Å². The van der Waals surface area contributed by atoms with Crippen LogP contribution in [0.3, 0.4) is 0 Å². The number of likely N-dealkylation sites (N-methyl/N-ethyl adjacent to an activating group) is 1. The summed E-state index contributed by atoms with van der Waals surface area (Å²) in [5.74, 6) is 0.233. The highest BCUT2D eigenvalue weighted by Crippen LogP contribution is 2.22. The number of hydrogen-bond acceptors (Lipinski definition) is 4. The average Bonchev–Trinajstić information content (AvgIpc) is 3.17. The van der Waals surface area contributed by atoms with E-state index in [1.165, 1.54) is 4.90 Å². The van der Waals surface area contributed by atoms with E-state index >= 15 is 0 Å². The zero-order valence-electron chi connectivity index (χ0n) is 16.7. The van der Waals surface area contributed by atoms with Gasteiger partial charge in [0.25, 0.3) is 5.91 Å². The molecule has 0 unspecified atom stereocenters. The van der Waals surface area contributed by atoms with Gasteiger partial charge in [0.05, 0.1) is 7.11 Å². The van der Waals surface area contributed by atoms with Gasteiger partial charge in [0.2, 0.25) is 11.8 Å². The number of hydrogen-bond donors (Lipinski definition) is 1. The molecule has 1 N–H and O–H groups in total. The molecule has 3 amide bonds. The highest BCUT2D eigenvalue weighted by atomic mass is 16.5. The maximum atomic E-state index is 12.8. The minimum Gasteiger partial charge on any atom is -0.497 e. The Morgan fingerprint density at radius 1 is 1.17 bits per heavy atom. The second-order valence-electron chi connectivity index (χ2n) is 6.80. The number of nitrogens with zero attached hydrogens (tertiary/aromatic N) is 2. The van der Waals surface area contributed by atoms with Crippen LogP contribution in [0.4, 0.5) is 11.4 Å². The lowest BCUT2D eigenvalue weighted by Crippen LogP contribution is -2.37. The Labute approximate surface area is 170 Å². The standard InChI is InChI=1S/C22H25N3O4/c1-3-24(15-20(26)23-17-6-4-7-19(14-17)29-2)22(28)16-9-11-18(12-10-16)25-13-5-8-21(25)27/h4,6-7,9-12,14H,3,5,8,13,15H2,1-2H3,(H,23,26). The summed E-state index contributed by atoms with van der Waals surface area (Å²) in [7, 11) is 1.56. The third-order valence-electron chi connectivity index (χ3n) is 4.86. The van der Waals surface area contributed by atoms with Crippen LogP contribution < -0.4 is 15.0 Å². The van der Waals surface area contributed by atoms with Gasteiger partial charge in [-0.1, -0.05) is 6.07 Å². The summed E-state index contributed by atoms with van der Waals surface area (Å²) in [4.78, 5) is 40.3. The monoisotopic (exact) mass is 395 g/mol. The number of rotatable bonds is 7. The summed E-state index contributed by atoms with van der Waals surface area (Å²) in [6, 6.07) is 14.0. The molecule has 29 heavy (non-hydrogen) atoms. The fraction of sp³-hybridized carbons (Fsp3) is 0.318. The largest absolute Gasteiger partial charge is 0.497 e. The SMILES string of the molecule is CCN(CC(=O)Nc1cccc(OC)c1)C(=O)c1ccc(N2CCCC2=O)cc1. The average molecular weight is 395 g/mol. The fourth-order valence-corrected chi connectivity index (χ4v) is 3.29. The van der Waals surface area contributed by atoms with Crippen LogP contribution in [0, 0.1) is 0 Å². The molecule has 0 aliphatic carbocycles. The van der Waals surface area contributed by atoms with E-state index in [9.17, 15) is 14.4 Å². The second-order valence-corrected chi connectivity index (χ2v) is 6.80. The van der Waals surface area contributed by atoms with E-state index in [4.69, 9.17) is 4.74 Å². The first kappa shape index (κ1) is 20.4. The summed E-state index contributed by atoms with van der Waals surface area (Å²) in [5, 5.41) is 2.78. The van der Waals surface area contributed by atoms with Crippen molar-refractivity contribution in [2.24, 2.45) is 0 Å². The maximum Gasteiger partial charge on any atom is 0.254 e. The number of benzene rings is 2. The molecule has 1 aliphatic heterocycles. The lowest BCUT2D eigenvalue weighted by Gasteiger charge is -2.21. The molecule has 2 aromatic carbocycles. The molecule has 7 heteroatoms. The predicted molar refractivity (Wildman–Crippen MR) is 111 cm³/mol. The Kier molecular flexibility index (Phi) is 6.49. The molecule has 2 aromatic rings. The van der Waals surface area contributed by atoms with Crippen molar-refractivity contribution in [3.8, 4) is 5.75 Å². The number of anilines is 2. The molecule has 1 aliphatic rings. The number of amides is 3. The minimum atomic E-state index is -0.285. The van der Waals surface area contributed by atoms with Crippen LogP contribution >= 0.6 is 0 Å². The molecular weight excluding hydrogens is 370 g/mol. The summed E-state index contributed by atoms with van der Waals surface area (Å²) < 4.78 is 5.15. The van der Waals surface area contributed by atoms with Crippen LogP contribution in [0.5, 0.6) is 5.75 Å². The van der Waals surface area contributed by atoms with Gasteiger partial charge in [-0.05, 0) is 49.7 Å². The molecule has 1 saturated heterocycles. The highest BCUT2D eigenvalue weighted by molar-refractivity contribution is 6.00. The molecule has 0 radical (unpaired) electrons. The fourth-order valence-electron chi connectivity index (χ4n) is 3.29. The van der Waals surface area contributed by atoms with Crippen molar-refractivity contribution in [2.45, 2.75) is 19.8 Å². The first-order chi connectivity index (χ1) is 14.0. The zero-order chi connectivity index (χ0) is 20.8. The normalized spacial score (nSPS) is 13.3. The smallest absolute Gasteiger partial charge is 0.254 e. The van der Waals surface area contributed by atoms with Crippen molar-refractivity contribution in [2.75, 3.05) is 37.0 Å². The van der Waals surface area contributed by atoms with E-state index in [1.54, 1.807) is 60.5 Å². The van der Waals surface area contributed by atoms with Crippen molar-refractivity contribution < 1.29 is 19.1 Å². The van der Waals surface area contributed by atoms with Gasteiger partial charge < -0.3 is 19.9 Å². The Morgan fingerprint density at radius 3 is 2.55 bits per heavy atom. The van der Waals surface area contributed by atoms with E-state index in [0.29, 0.717) is 36.5 Å². The van der Waals surface area contributed by atoms with E-state index in [-0.39, 0.29) is 24.3 Å². The number of nitrogens with one attached hydrogen (secondary N) is 1. The summed E-state index contributed by atoms with van der Waals surface area (Å²) in [5.41, 5.74) is 1.89. The van der Waals surface area contributed by atoms with Gasteiger partial charge in [0.15, 0.2) is 0 Å². The summed E-state index contributed by atoms with van der Waals surface area (Å²) in [6.07, 6.45) is 1.41. The van der Waals surface area contributed by atoms with E-state index < -0.39 is 0 Å². The van der Waals surface area contributed by atoms with Crippen LogP contribution in [0.15, 0.2) is 48.5 Å². The van der Waals surface area contributed by atoms with Gasteiger partial charge in [-0.2, -0.15) is 0 Å². The number of ether oxygens (including phenoxy) is 1. The van der Waals surface area contributed by atoms with Crippen LogP contribution in [0.2, 0.25) is 0 Å². The second kappa shape index (κ2) is 9.23. The van der Waals surface area contributed by atoms with E-state index in [0.717, 1.165) is 12.1 Å². The molecule has 0 spiro atoms.